The Hall–Kier alpha value is -2.34. The second-order valence-corrected chi connectivity index (χ2v) is 3.88. The fourth-order valence-corrected chi connectivity index (χ4v) is 1.91. The summed E-state index contributed by atoms with van der Waals surface area (Å²) < 4.78 is 0. The molecule has 0 heterocycles. The normalized spacial score (nSPS) is 12.6. The summed E-state index contributed by atoms with van der Waals surface area (Å²) >= 11 is 0. The van der Waals surface area contributed by atoms with Crippen LogP contribution in [0.1, 0.15) is 13.8 Å². The Morgan fingerprint density at radius 2 is 0.850 bits per heavy atom. The molecule has 0 saturated heterocycles. The fourth-order valence-electron chi connectivity index (χ4n) is 1.91. The lowest BCUT2D eigenvalue weighted by molar-refractivity contribution is 1.32. The standard InChI is InChI=1S/C18H18.C2H6/c1-7-10-16-13(4)14(5)17(11-8-2)18(12-9-3)15(16)6;1-2/h7-12H,1-6H2;1-2H3/b16-10+,17-11+,18-12+;. The Labute approximate surface area is 121 Å². The Bertz CT molecular complexity index is 818. The highest BCUT2D eigenvalue weighted by Gasteiger charge is 1.93. The fraction of sp³-hybridized carbons (Fsp3) is 0.100. The zero-order valence-corrected chi connectivity index (χ0v) is 12.7. The third-order valence-electron chi connectivity index (χ3n) is 2.81. The summed E-state index contributed by atoms with van der Waals surface area (Å²) in [7, 11) is 0. The molecule has 0 unspecified atom stereocenters. The van der Waals surface area contributed by atoms with Crippen LogP contribution in [-0.4, -0.2) is 0 Å². The van der Waals surface area contributed by atoms with Gasteiger partial charge < -0.3 is 0 Å². The maximum atomic E-state index is 4.12. The summed E-state index contributed by atoms with van der Waals surface area (Å²) in [4.78, 5) is 0. The lowest BCUT2D eigenvalue weighted by Crippen LogP contribution is -2.64. The summed E-state index contributed by atoms with van der Waals surface area (Å²) in [5, 5.41) is 5.60. The first-order chi connectivity index (χ1) is 9.58. The minimum absolute atomic E-state index is 0.870. The van der Waals surface area contributed by atoms with Gasteiger partial charge in [0, 0.05) is 0 Å². The van der Waals surface area contributed by atoms with Gasteiger partial charge in [0.1, 0.15) is 0 Å². The van der Waals surface area contributed by atoms with Gasteiger partial charge >= 0.3 is 0 Å². The summed E-state index contributed by atoms with van der Waals surface area (Å²) in [6.45, 7) is 27.5. The molecule has 0 aliphatic rings. The van der Waals surface area contributed by atoms with E-state index in [2.05, 4.69) is 39.5 Å². The third-order valence-corrected chi connectivity index (χ3v) is 2.81. The number of hydrogen-bond donors (Lipinski definition) is 0. The van der Waals surface area contributed by atoms with Crippen LogP contribution in [0.5, 0.6) is 0 Å². The van der Waals surface area contributed by atoms with E-state index in [1.54, 1.807) is 18.2 Å². The highest BCUT2D eigenvalue weighted by molar-refractivity contribution is 5.47. The SMILES string of the molecule is C=C/C=c1\c(=C)c(=C)c(=C\C=C)/c(=C/C=C)c1=C.CC. The van der Waals surface area contributed by atoms with Crippen molar-refractivity contribution in [3.8, 4) is 0 Å². The minimum atomic E-state index is 0.870. The van der Waals surface area contributed by atoms with Crippen molar-refractivity contribution in [2.45, 2.75) is 13.8 Å². The summed E-state index contributed by atoms with van der Waals surface area (Å²) in [5.41, 5.74) is 0. The molecular formula is C20H24. The first-order valence-corrected chi connectivity index (χ1v) is 6.65. The van der Waals surface area contributed by atoms with E-state index in [1.165, 1.54) is 0 Å². The molecule has 0 aliphatic carbocycles. The van der Waals surface area contributed by atoms with Crippen molar-refractivity contribution in [1.29, 1.82) is 0 Å². The van der Waals surface area contributed by atoms with E-state index in [9.17, 15) is 0 Å². The quantitative estimate of drug-likeness (QED) is 0.759. The molecule has 0 bridgehead atoms. The molecule has 0 N–H and O–H groups in total. The molecule has 0 amide bonds. The first-order valence-electron chi connectivity index (χ1n) is 6.65. The van der Waals surface area contributed by atoms with E-state index in [0.717, 1.165) is 31.3 Å². The molecule has 0 radical (unpaired) electrons. The van der Waals surface area contributed by atoms with Crippen LogP contribution in [0.25, 0.3) is 38.0 Å². The summed E-state index contributed by atoms with van der Waals surface area (Å²) in [5.74, 6) is 0. The largest absolute Gasteiger partial charge is 0.0990 e. The van der Waals surface area contributed by atoms with Gasteiger partial charge in [-0.1, -0.05) is 89.8 Å². The van der Waals surface area contributed by atoms with Gasteiger partial charge in [-0.15, -0.1) is 0 Å². The van der Waals surface area contributed by atoms with E-state index in [0.29, 0.717) is 0 Å². The van der Waals surface area contributed by atoms with Gasteiger partial charge in [0.15, 0.2) is 0 Å². The molecular weight excluding hydrogens is 240 g/mol. The molecule has 0 spiro atoms. The lowest BCUT2D eigenvalue weighted by Gasteiger charge is -1.97. The lowest BCUT2D eigenvalue weighted by atomic mass is 10.1. The predicted molar refractivity (Wildman–Crippen MR) is 96.1 cm³/mol. The third kappa shape index (κ3) is 3.58. The monoisotopic (exact) mass is 264 g/mol. The van der Waals surface area contributed by atoms with Crippen LogP contribution in [0.3, 0.4) is 0 Å². The molecule has 0 aromatic heterocycles. The summed E-state index contributed by atoms with van der Waals surface area (Å²) in [6.07, 6.45) is 10.9. The van der Waals surface area contributed by atoms with E-state index in [4.69, 9.17) is 0 Å². The number of hydrogen-bond acceptors (Lipinski definition) is 0. The molecule has 0 aliphatic heterocycles. The van der Waals surface area contributed by atoms with Gasteiger partial charge in [-0.3, -0.25) is 0 Å². The second kappa shape index (κ2) is 8.71. The molecule has 20 heavy (non-hydrogen) atoms. The zero-order chi connectivity index (χ0) is 15.7. The van der Waals surface area contributed by atoms with Crippen molar-refractivity contribution in [2.24, 2.45) is 0 Å². The Balaban J connectivity index is 0.00000172. The Morgan fingerprint density at radius 1 is 0.550 bits per heavy atom. The molecule has 0 saturated carbocycles. The highest BCUT2D eigenvalue weighted by Crippen LogP contribution is 1.63. The Morgan fingerprint density at radius 3 is 1.25 bits per heavy atom. The van der Waals surface area contributed by atoms with E-state index in [1.807, 2.05) is 32.1 Å². The molecule has 0 heteroatoms. The van der Waals surface area contributed by atoms with Gasteiger partial charge in [-0.25, -0.2) is 0 Å². The average Bonchev–Trinajstić information content (AvgIpc) is 2.47. The van der Waals surface area contributed by atoms with Gasteiger partial charge in [-0.2, -0.15) is 0 Å². The van der Waals surface area contributed by atoms with Crippen LogP contribution in [0, 0.1) is 0 Å². The van der Waals surface area contributed by atoms with Crippen LogP contribution < -0.4 is 31.3 Å². The van der Waals surface area contributed by atoms with Crippen molar-refractivity contribution in [3.05, 3.63) is 69.3 Å². The van der Waals surface area contributed by atoms with Crippen molar-refractivity contribution in [1.82, 2.24) is 0 Å². The molecule has 1 rings (SSSR count). The average molecular weight is 264 g/mol. The number of allylic oxidation sites excluding steroid dienone is 3. The van der Waals surface area contributed by atoms with Crippen LogP contribution >= 0.6 is 0 Å². The van der Waals surface area contributed by atoms with Crippen molar-refractivity contribution < 1.29 is 0 Å². The number of rotatable bonds is 3. The van der Waals surface area contributed by atoms with Gasteiger partial charge in [-0.05, 0) is 31.3 Å². The van der Waals surface area contributed by atoms with E-state index < -0.39 is 0 Å². The smallest absolute Gasteiger partial charge is 0.0105 e. The zero-order valence-electron chi connectivity index (χ0n) is 12.7. The molecule has 0 atom stereocenters. The Kier molecular flexibility index (Phi) is 7.69. The van der Waals surface area contributed by atoms with Gasteiger partial charge in [0.2, 0.25) is 0 Å². The van der Waals surface area contributed by atoms with Crippen LogP contribution in [-0.2, 0) is 0 Å². The van der Waals surface area contributed by atoms with Crippen molar-refractivity contribution in [3.63, 3.8) is 0 Å². The molecule has 104 valence electrons. The molecule has 1 aromatic rings. The summed E-state index contributed by atoms with van der Waals surface area (Å²) in [6, 6.07) is 0. The maximum absolute atomic E-state index is 4.12. The molecule has 1 aromatic carbocycles. The minimum Gasteiger partial charge on any atom is -0.0990 e. The number of benzene rings is 1. The van der Waals surface area contributed by atoms with Crippen LogP contribution in [0.2, 0.25) is 0 Å². The maximum Gasteiger partial charge on any atom is -0.0105 e. The highest BCUT2D eigenvalue weighted by atomic mass is 14.0. The van der Waals surface area contributed by atoms with Gasteiger partial charge in [0.25, 0.3) is 0 Å². The molecule has 0 fully saturated rings. The van der Waals surface area contributed by atoms with Crippen molar-refractivity contribution >= 4 is 38.0 Å². The molecule has 0 nitrogen and oxygen atoms in total. The predicted octanol–water partition coefficient (Wildman–Crippen LogP) is 0.843. The van der Waals surface area contributed by atoms with Gasteiger partial charge in [0.05, 0.1) is 0 Å². The van der Waals surface area contributed by atoms with Crippen molar-refractivity contribution in [2.75, 3.05) is 0 Å². The van der Waals surface area contributed by atoms with E-state index in [-0.39, 0.29) is 0 Å². The van der Waals surface area contributed by atoms with Crippen LogP contribution in [0.4, 0.5) is 0 Å². The van der Waals surface area contributed by atoms with Crippen LogP contribution in [0.15, 0.2) is 38.0 Å². The van der Waals surface area contributed by atoms with E-state index >= 15 is 0 Å². The first kappa shape index (κ1) is 17.7. The topological polar surface area (TPSA) is 0 Å². The second-order valence-electron chi connectivity index (χ2n) is 3.88.